The van der Waals surface area contributed by atoms with Crippen LogP contribution in [0.25, 0.3) is 0 Å². The van der Waals surface area contributed by atoms with E-state index in [0.29, 0.717) is 45.1 Å². The zero-order valence-electron chi connectivity index (χ0n) is 21.0. The average molecular weight is 559 g/mol. The van der Waals surface area contributed by atoms with Crippen LogP contribution < -0.4 is 15.0 Å². The topological polar surface area (TPSA) is 181 Å². The molecule has 39 heavy (non-hydrogen) atoms. The molecule has 16 heteroatoms. The van der Waals surface area contributed by atoms with E-state index in [9.17, 15) is 33.7 Å². The smallest absolute Gasteiger partial charge is 0.335 e. The van der Waals surface area contributed by atoms with E-state index in [1.807, 2.05) is 4.90 Å². The molecule has 0 aromatic carbocycles. The molecule has 5 N–H and O–H groups in total. The van der Waals surface area contributed by atoms with Crippen LogP contribution in [0.3, 0.4) is 0 Å². The lowest BCUT2D eigenvalue weighted by atomic mass is 9.99. The lowest BCUT2D eigenvalue weighted by molar-refractivity contribution is -0.271. The van der Waals surface area contributed by atoms with E-state index in [2.05, 4.69) is 20.2 Å². The van der Waals surface area contributed by atoms with E-state index in [1.54, 1.807) is 0 Å². The summed E-state index contributed by atoms with van der Waals surface area (Å²) in [4.78, 5) is 37.9. The van der Waals surface area contributed by atoms with Gasteiger partial charge in [0.1, 0.15) is 18.3 Å². The molecule has 0 radical (unpaired) electrons. The van der Waals surface area contributed by atoms with Crippen LogP contribution in [0.2, 0.25) is 0 Å². The minimum absolute atomic E-state index is 0.0673. The number of aliphatic carboxylic acids is 1. The number of carboxylic acid groups (broad SMARTS) is 1. The molecule has 4 saturated heterocycles. The Morgan fingerprint density at radius 2 is 1.74 bits per heavy atom. The fourth-order valence-electron chi connectivity index (χ4n) is 5.43. The van der Waals surface area contributed by atoms with Crippen molar-refractivity contribution < 1.29 is 48.3 Å². The second-order valence-electron chi connectivity index (χ2n) is 10.3. The summed E-state index contributed by atoms with van der Waals surface area (Å²) in [6.45, 7) is 2.78. The number of aliphatic hydroxyl groups is 3. The first-order valence-corrected chi connectivity index (χ1v) is 12.8. The van der Waals surface area contributed by atoms with Crippen LogP contribution in [0.5, 0.6) is 5.75 Å². The maximum absolute atomic E-state index is 13.5. The number of halogens is 2. The number of anilines is 1. The fourth-order valence-corrected chi connectivity index (χ4v) is 5.43. The van der Waals surface area contributed by atoms with Crippen molar-refractivity contribution in [1.82, 2.24) is 25.1 Å². The van der Waals surface area contributed by atoms with Gasteiger partial charge in [0.05, 0.1) is 25.0 Å². The van der Waals surface area contributed by atoms with Gasteiger partial charge in [-0.15, -0.1) is 0 Å². The van der Waals surface area contributed by atoms with Crippen molar-refractivity contribution in [1.29, 1.82) is 0 Å². The number of hydrogen-bond donors (Lipinski definition) is 5. The number of carboxylic acids is 1. The number of hydrogen-bond acceptors (Lipinski definition) is 12. The van der Waals surface area contributed by atoms with Crippen molar-refractivity contribution >= 4 is 17.8 Å². The number of rotatable bonds is 6. The maximum atomic E-state index is 13.5. The molecule has 4 fully saturated rings. The van der Waals surface area contributed by atoms with E-state index in [1.165, 1.54) is 17.3 Å². The minimum Gasteiger partial charge on any atom is -0.479 e. The molecule has 1 aromatic heterocycles. The summed E-state index contributed by atoms with van der Waals surface area (Å²) >= 11 is 0. The second-order valence-corrected chi connectivity index (χ2v) is 10.3. The molecule has 7 atom stereocenters. The van der Waals surface area contributed by atoms with Gasteiger partial charge in [-0.2, -0.15) is 0 Å². The Morgan fingerprint density at radius 1 is 1.05 bits per heavy atom. The first-order valence-electron chi connectivity index (χ1n) is 12.8. The molecule has 1 aromatic rings. The molecular formula is C23H32F2N6O8. The first-order chi connectivity index (χ1) is 18.5. The van der Waals surface area contributed by atoms with E-state index >= 15 is 0 Å². The summed E-state index contributed by atoms with van der Waals surface area (Å²) in [5.74, 6) is -4.09. The highest BCUT2D eigenvalue weighted by Crippen LogP contribution is 2.29. The summed E-state index contributed by atoms with van der Waals surface area (Å²) in [5.41, 5.74) is 0. The van der Waals surface area contributed by atoms with Crippen molar-refractivity contribution in [3.63, 3.8) is 0 Å². The number of ether oxygens (including phenoxy) is 2. The number of nitrogens with one attached hydrogen (secondary N) is 1. The number of nitrogens with zero attached hydrogens (tertiary/aromatic N) is 5. The summed E-state index contributed by atoms with van der Waals surface area (Å²) in [6.07, 6.45) is -5.70. The average Bonchev–Trinajstić information content (AvgIpc) is 3.56. The second kappa shape index (κ2) is 11.0. The highest BCUT2D eigenvalue weighted by atomic mass is 19.3. The monoisotopic (exact) mass is 558 g/mol. The molecular weight excluding hydrogens is 526 g/mol. The van der Waals surface area contributed by atoms with Crippen LogP contribution in [-0.2, 0) is 14.3 Å². The number of amides is 1. The molecule has 0 saturated carbocycles. The molecule has 5 rings (SSSR count). The molecule has 4 aliphatic rings. The molecule has 0 bridgehead atoms. The van der Waals surface area contributed by atoms with Crippen molar-refractivity contribution in [3.8, 4) is 5.75 Å². The van der Waals surface area contributed by atoms with Gasteiger partial charge in [0.2, 0.25) is 18.1 Å². The van der Waals surface area contributed by atoms with Gasteiger partial charge >= 0.3 is 5.97 Å². The van der Waals surface area contributed by atoms with Crippen molar-refractivity contribution in [2.45, 2.75) is 61.6 Å². The van der Waals surface area contributed by atoms with Gasteiger partial charge in [-0.25, -0.2) is 23.5 Å². The van der Waals surface area contributed by atoms with Gasteiger partial charge in [0, 0.05) is 51.7 Å². The van der Waals surface area contributed by atoms with Gasteiger partial charge < -0.3 is 45.0 Å². The van der Waals surface area contributed by atoms with Crippen LogP contribution in [0.1, 0.15) is 12.8 Å². The van der Waals surface area contributed by atoms with Gasteiger partial charge in [0.15, 0.2) is 11.9 Å². The molecule has 216 valence electrons. The van der Waals surface area contributed by atoms with E-state index in [0.717, 1.165) is 0 Å². The standard InChI is InChI=1S/C23H32F2N6O8/c24-23(25)1-2-31(11-23)19(35)14-7-12(8-26-14)29-3-5-30(6-4-29)22-27-9-13(10-28-22)38-21-17(34)15(32)16(33)18(39-21)20(36)37/h9-10,12,14-18,21,26,32-34H,1-8,11H2,(H,36,37)/t12-,14-,15-,16-,17+,18-,21+/m0/s1. The molecule has 0 unspecified atom stereocenters. The van der Waals surface area contributed by atoms with Gasteiger partial charge in [-0.05, 0) is 6.42 Å². The predicted octanol–water partition coefficient (Wildman–Crippen LogP) is -2.53. The van der Waals surface area contributed by atoms with E-state index < -0.39 is 55.2 Å². The molecule has 4 aliphatic heterocycles. The Kier molecular flexibility index (Phi) is 7.85. The quantitative estimate of drug-likeness (QED) is 0.247. The van der Waals surface area contributed by atoms with Crippen molar-refractivity contribution in [2.75, 3.05) is 50.7 Å². The number of carbonyl (C=O) groups is 2. The van der Waals surface area contributed by atoms with Crippen molar-refractivity contribution in [3.05, 3.63) is 12.4 Å². The zero-order valence-corrected chi connectivity index (χ0v) is 21.0. The van der Waals surface area contributed by atoms with Crippen LogP contribution >= 0.6 is 0 Å². The van der Waals surface area contributed by atoms with Gasteiger partial charge in [-0.3, -0.25) is 9.69 Å². The lowest BCUT2D eigenvalue weighted by Gasteiger charge is -2.38. The number of likely N-dealkylation sites (tertiary alicyclic amines) is 1. The SMILES string of the molecule is O=C(O)[C@H]1O[C@@H](Oc2cnc(N3CCN([C@@H]4CN[C@H](C(=O)N5CCC(F)(F)C5)C4)CC3)nc2)[C@H](O)[C@@H](O)[C@@H]1O. The van der Waals surface area contributed by atoms with Gasteiger partial charge in [0.25, 0.3) is 5.92 Å². The first kappa shape index (κ1) is 27.8. The Balaban J connectivity index is 1.10. The summed E-state index contributed by atoms with van der Waals surface area (Å²) in [6, 6.07) is -0.342. The molecule has 0 spiro atoms. The summed E-state index contributed by atoms with van der Waals surface area (Å²) < 4.78 is 37.5. The zero-order chi connectivity index (χ0) is 27.9. The van der Waals surface area contributed by atoms with Crippen LogP contribution in [0.4, 0.5) is 14.7 Å². The van der Waals surface area contributed by atoms with Crippen LogP contribution in [0, 0.1) is 0 Å². The summed E-state index contributed by atoms with van der Waals surface area (Å²) in [5, 5.41) is 42.1. The fraction of sp³-hybridized carbons (Fsp3) is 0.739. The molecule has 1 amide bonds. The van der Waals surface area contributed by atoms with E-state index in [-0.39, 0.29) is 30.7 Å². The Labute approximate surface area is 222 Å². The number of aliphatic hydroxyl groups excluding tert-OH is 3. The number of alkyl halides is 2. The molecule has 5 heterocycles. The Morgan fingerprint density at radius 3 is 2.36 bits per heavy atom. The lowest BCUT2D eigenvalue weighted by Crippen LogP contribution is -2.61. The Bertz CT molecular complexity index is 1050. The normalized spacial score (nSPS) is 35.3. The molecule has 0 aliphatic carbocycles. The largest absolute Gasteiger partial charge is 0.479 e. The highest BCUT2D eigenvalue weighted by molar-refractivity contribution is 5.82. The highest BCUT2D eigenvalue weighted by Gasteiger charge is 2.48. The third-order valence-electron chi connectivity index (χ3n) is 7.68. The Hall–Kier alpha value is -2.76. The number of aromatic nitrogens is 2. The predicted molar refractivity (Wildman–Crippen MR) is 127 cm³/mol. The van der Waals surface area contributed by atoms with Crippen LogP contribution in [-0.4, -0.2) is 147 Å². The third-order valence-corrected chi connectivity index (χ3v) is 7.68. The van der Waals surface area contributed by atoms with E-state index in [4.69, 9.17) is 14.6 Å². The summed E-state index contributed by atoms with van der Waals surface area (Å²) in [7, 11) is 0. The van der Waals surface area contributed by atoms with Crippen molar-refractivity contribution in [2.24, 2.45) is 0 Å². The number of carbonyl (C=O) groups excluding carboxylic acids is 1. The molecule has 14 nitrogen and oxygen atoms in total. The maximum Gasteiger partial charge on any atom is 0.335 e. The third kappa shape index (κ3) is 5.90. The minimum atomic E-state index is -2.81. The number of piperazine rings is 1. The van der Waals surface area contributed by atoms with Gasteiger partial charge in [-0.1, -0.05) is 0 Å². The van der Waals surface area contributed by atoms with Crippen LogP contribution in [0.15, 0.2) is 12.4 Å².